The standard InChI is InChI=1S/C24H31N3OS.C2H2O4/c1-3-4-16-28-20-9-7-8-18(17-20)23(25-19-12-14-27(2)15-13-19)24-26-21-10-5-6-11-22(21)29-24;3-1(4)2(5)6/h5-11,17,19,23,25H,3-4,12-16H2,1-2H3;(H,3,4)(H,5,6). The first-order valence-electron chi connectivity index (χ1n) is 11.9. The summed E-state index contributed by atoms with van der Waals surface area (Å²) in [4.78, 5) is 25.6. The number of carboxylic acid groups (broad SMARTS) is 2. The molecule has 3 N–H and O–H groups in total. The molecule has 2 heterocycles. The predicted octanol–water partition coefficient (Wildman–Crippen LogP) is 4.40. The number of aliphatic carboxylic acids is 2. The van der Waals surface area contributed by atoms with E-state index in [4.69, 9.17) is 29.5 Å². The fourth-order valence-electron chi connectivity index (χ4n) is 3.85. The zero-order chi connectivity index (χ0) is 25.2. The average Bonchev–Trinajstić information content (AvgIpc) is 3.28. The van der Waals surface area contributed by atoms with Gasteiger partial charge in [-0.3, -0.25) is 0 Å². The van der Waals surface area contributed by atoms with Crippen LogP contribution in [0, 0.1) is 0 Å². The van der Waals surface area contributed by atoms with E-state index in [2.05, 4.69) is 72.7 Å². The van der Waals surface area contributed by atoms with Crippen LogP contribution in [0.4, 0.5) is 0 Å². The van der Waals surface area contributed by atoms with Crippen molar-refractivity contribution in [2.45, 2.75) is 44.7 Å². The van der Waals surface area contributed by atoms with Crippen LogP contribution in [0.2, 0.25) is 0 Å². The van der Waals surface area contributed by atoms with Crippen LogP contribution < -0.4 is 10.1 Å². The number of benzene rings is 2. The van der Waals surface area contributed by atoms with Crippen molar-refractivity contribution >= 4 is 33.5 Å². The molecule has 1 unspecified atom stereocenters. The molecule has 1 saturated heterocycles. The van der Waals surface area contributed by atoms with E-state index in [1.165, 1.54) is 23.1 Å². The van der Waals surface area contributed by atoms with Crippen LogP contribution in [0.15, 0.2) is 48.5 Å². The number of nitrogens with one attached hydrogen (secondary N) is 1. The lowest BCUT2D eigenvalue weighted by Gasteiger charge is -2.32. The van der Waals surface area contributed by atoms with Gasteiger partial charge in [-0.2, -0.15) is 0 Å². The number of thiazole rings is 1. The fraction of sp³-hybridized carbons (Fsp3) is 0.423. The molecule has 0 aliphatic carbocycles. The van der Waals surface area contributed by atoms with E-state index in [1.54, 1.807) is 11.3 Å². The van der Waals surface area contributed by atoms with Gasteiger partial charge in [0, 0.05) is 6.04 Å². The zero-order valence-electron chi connectivity index (χ0n) is 20.1. The molecule has 1 fully saturated rings. The first-order chi connectivity index (χ1) is 16.9. The van der Waals surface area contributed by atoms with Crippen molar-refractivity contribution in [2.24, 2.45) is 0 Å². The number of para-hydroxylation sites is 1. The van der Waals surface area contributed by atoms with Crippen LogP contribution >= 0.6 is 11.3 Å². The minimum atomic E-state index is -1.82. The van der Waals surface area contributed by atoms with E-state index >= 15 is 0 Å². The van der Waals surface area contributed by atoms with Gasteiger partial charge in [-0.05, 0) is 69.2 Å². The Bertz CT molecular complexity index is 1070. The van der Waals surface area contributed by atoms with Gasteiger partial charge in [0.25, 0.3) is 0 Å². The van der Waals surface area contributed by atoms with Gasteiger partial charge >= 0.3 is 11.9 Å². The highest BCUT2D eigenvalue weighted by Crippen LogP contribution is 2.32. The molecule has 35 heavy (non-hydrogen) atoms. The molecule has 4 rings (SSSR count). The number of unbranched alkanes of at least 4 members (excludes halogenated alkanes) is 1. The number of hydrogen-bond donors (Lipinski definition) is 3. The molecule has 0 bridgehead atoms. The molecule has 8 nitrogen and oxygen atoms in total. The molecule has 0 saturated carbocycles. The van der Waals surface area contributed by atoms with Crippen molar-refractivity contribution < 1.29 is 24.5 Å². The maximum absolute atomic E-state index is 9.10. The third-order valence-corrected chi connectivity index (χ3v) is 6.92. The third kappa shape index (κ3) is 8.02. The van der Waals surface area contributed by atoms with E-state index in [0.717, 1.165) is 48.8 Å². The Balaban J connectivity index is 0.000000509. The smallest absolute Gasteiger partial charge is 0.414 e. The van der Waals surface area contributed by atoms with Crippen LogP contribution in [0.5, 0.6) is 5.75 Å². The van der Waals surface area contributed by atoms with Gasteiger partial charge in [-0.25, -0.2) is 14.6 Å². The summed E-state index contributed by atoms with van der Waals surface area (Å²) in [6, 6.07) is 17.6. The summed E-state index contributed by atoms with van der Waals surface area (Å²) in [6.07, 6.45) is 4.57. The SMILES string of the molecule is CCCCOc1cccc(C(NC2CCN(C)CC2)c2nc3ccccc3s2)c1.O=C(O)C(=O)O. The van der Waals surface area contributed by atoms with Gasteiger partial charge in [-0.1, -0.05) is 37.6 Å². The van der Waals surface area contributed by atoms with E-state index in [-0.39, 0.29) is 6.04 Å². The number of aromatic nitrogens is 1. The molecule has 1 aliphatic rings. The Labute approximate surface area is 209 Å². The lowest BCUT2D eigenvalue weighted by molar-refractivity contribution is -0.159. The van der Waals surface area contributed by atoms with Crippen LogP contribution in [-0.2, 0) is 9.59 Å². The van der Waals surface area contributed by atoms with Gasteiger partial charge in [0.1, 0.15) is 10.8 Å². The van der Waals surface area contributed by atoms with Gasteiger partial charge in [0.2, 0.25) is 0 Å². The van der Waals surface area contributed by atoms with Crippen molar-refractivity contribution in [2.75, 3.05) is 26.7 Å². The Morgan fingerprint density at radius 3 is 2.51 bits per heavy atom. The summed E-state index contributed by atoms with van der Waals surface area (Å²) < 4.78 is 7.23. The summed E-state index contributed by atoms with van der Waals surface area (Å²) in [5, 5.41) is 19.8. The Kier molecular flexibility index (Phi) is 10.0. The molecule has 0 radical (unpaired) electrons. The van der Waals surface area contributed by atoms with E-state index in [9.17, 15) is 0 Å². The Hall–Kier alpha value is -3.01. The van der Waals surface area contributed by atoms with Crippen molar-refractivity contribution in [1.29, 1.82) is 0 Å². The molecular formula is C26H33N3O5S. The maximum atomic E-state index is 9.10. The van der Waals surface area contributed by atoms with Gasteiger partial charge in [0.05, 0.1) is 22.9 Å². The zero-order valence-corrected chi connectivity index (χ0v) is 21.0. The number of hydrogen-bond acceptors (Lipinski definition) is 7. The second kappa shape index (κ2) is 13.2. The number of ether oxygens (including phenoxy) is 1. The van der Waals surface area contributed by atoms with Gasteiger partial charge in [0.15, 0.2) is 0 Å². The molecule has 3 aromatic rings. The number of carbonyl (C=O) groups is 2. The third-order valence-electron chi connectivity index (χ3n) is 5.82. The van der Waals surface area contributed by atoms with E-state index < -0.39 is 11.9 Å². The van der Waals surface area contributed by atoms with Crippen LogP contribution in [-0.4, -0.2) is 64.8 Å². The minimum Gasteiger partial charge on any atom is -0.494 e. The van der Waals surface area contributed by atoms with Crippen molar-refractivity contribution in [1.82, 2.24) is 15.2 Å². The van der Waals surface area contributed by atoms with Gasteiger partial charge < -0.3 is 25.2 Å². The summed E-state index contributed by atoms with van der Waals surface area (Å²) in [5.41, 5.74) is 2.31. The fourth-order valence-corrected chi connectivity index (χ4v) is 4.91. The first-order valence-corrected chi connectivity index (χ1v) is 12.7. The molecular weight excluding hydrogens is 466 g/mol. The first kappa shape index (κ1) is 26.6. The quantitative estimate of drug-likeness (QED) is 0.309. The second-order valence-corrected chi connectivity index (χ2v) is 9.64. The molecule has 1 atom stereocenters. The molecule has 2 aromatic carbocycles. The lowest BCUT2D eigenvalue weighted by atomic mass is 10.0. The normalized spacial score (nSPS) is 15.3. The highest BCUT2D eigenvalue weighted by molar-refractivity contribution is 7.18. The number of piperidine rings is 1. The Morgan fingerprint density at radius 2 is 1.86 bits per heavy atom. The topological polar surface area (TPSA) is 112 Å². The average molecular weight is 500 g/mol. The number of nitrogens with zero attached hydrogens (tertiary/aromatic N) is 2. The lowest BCUT2D eigenvalue weighted by Crippen LogP contribution is -2.42. The molecule has 9 heteroatoms. The van der Waals surface area contributed by atoms with E-state index in [1.807, 2.05) is 0 Å². The van der Waals surface area contributed by atoms with Crippen LogP contribution in [0.1, 0.15) is 49.2 Å². The monoisotopic (exact) mass is 499 g/mol. The van der Waals surface area contributed by atoms with Crippen molar-refractivity contribution in [3.8, 4) is 5.75 Å². The molecule has 0 amide bonds. The highest BCUT2D eigenvalue weighted by Gasteiger charge is 2.25. The summed E-state index contributed by atoms with van der Waals surface area (Å²) in [5.74, 6) is -2.70. The number of rotatable bonds is 8. The van der Waals surface area contributed by atoms with Crippen molar-refractivity contribution in [3.63, 3.8) is 0 Å². The Morgan fingerprint density at radius 1 is 1.14 bits per heavy atom. The van der Waals surface area contributed by atoms with Gasteiger partial charge in [-0.15, -0.1) is 11.3 Å². The van der Waals surface area contributed by atoms with Crippen molar-refractivity contribution in [3.05, 3.63) is 59.1 Å². The minimum absolute atomic E-state index is 0.0931. The van der Waals surface area contributed by atoms with E-state index in [0.29, 0.717) is 6.04 Å². The number of fused-ring (bicyclic) bond motifs is 1. The number of carboxylic acids is 2. The summed E-state index contributed by atoms with van der Waals surface area (Å²) >= 11 is 1.79. The second-order valence-electron chi connectivity index (χ2n) is 8.58. The summed E-state index contributed by atoms with van der Waals surface area (Å²) in [6.45, 7) is 5.25. The largest absolute Gasteiger partial charge is 0.494 e. The molecule has 188 valence electrons. The predicted molar refractivity (Wildman–Crippen MR) is 137 cm³/mol. The van der Waals surface area contributed by atoms with Crippen LogP contribution in [0.25, 0.3) is 10.2 Å². The van der Waals surface area contributed by atoms with Crippen LogP contribution in [0.3, 0.4) is 0 Å². The highest BCUT2D eigenvalue weighted by atomic mass is 32.1. The molecule has 0 spiro atoms. The summed E-state index contributed by atoms with van der Waals surface area (Å²) in [7, 11) is 2.21. The molecule has 1 aromatic heterocycles. The number of likely N-dealkylation sites (tertiary alicyclic amines) is 1. The molecule has 1 aliphatic heterocycles. The maximum Gasteiger partial charge on any atom is 0.414 e.